The van der Waals surface area contributed by atoms with Gasteiger partial charge in [0, 0.05) is 12.6 Å². The Morgan fingerprint density at radius 1 is 1.28 bits per heavy atom. The van der Waals surface area contributed by atoms with Crippen LogP contribution in [0.25, 0.3) is 0 Å². The summed E-state index contributed by atoms with van der Waals surface area (Å²) in [6.07, 6.45) is 10.6. The Kier molecular flexibility index (Phi) is 3.59. The molecule has 1 amide bonds. The smallest absolute Gasteiger partial charge is 0.267 e. The van der Waals surface area contributed by atoms with E-state index >= 15 is 0 Å². The molecule has 1 heterocycles. The molecule has 98 valence electrons. The maximum Gasteiger partial charge on any atom is 0.267 e. The summed E-state index contributed by atoms with van der Waals surface area (Å²) >= 11 is 1.21. The highest BCUT2D eigenvalue weighted by Gasteiger charge is 2.35. The zero-order chi connectivity index (χ0) is 12.4. The summed E-state index contributed by atoms with van der Waals surface area (Å²) < 4.78 is 3.80. The number of carbonyl (C=O) groups is 1. The van der Waals surface area contributed by atoms with Gasteiger partial charge in [-0.1, -0.05) is 23.8 Å². The topological polar surface area (TPSA) is 46.1 Å². The maximum atomic E-state index is 12.4. The number of hydrogen-bond donors (Lipinski definition) is 0. The Bertz CT molecular complexity index is 396. The highest BCUT2D eigenvalue weighted by Crippen LogP contribution is 2.32. The number of carbonyl (C=O) groups excluding carboxylic acids is 1. The average Bonchev–Trinajstić information content (AvgIpc) is 3.10. The van der Waals surface area contributed by atoms with E-state index in [0.717, 1.165) is 6.54 Å². The molecule has 0 unspecified atom stereocenters. The van der Waals surface area contributed by atoms with E-state index in [1.165, 1.54) is 56.5 Å². The highest BCUT2D eigenvalue weighted by atomic mass is 32.1. The van der Waals surface area contributed by atoms with Gasteiger partial charge in [0.05, 0.1) is 6.20 Å². The maximum absolute atomic E-state index is 12.4. The van der Waals surface area contributed by atoms with Crippen LogP contribution < -0.4 is 0 Å². The van der Waals surface area contributed by atoms with Crippen LogP contribution in [-0.4, -0.2) is 33.0 Å². The fourth-order valence-corrected chi connectivity index (χ4v) is 3.31. The molecule has 0 atom stereocenters. The number of aromatic nitrogens is 2. The van der Waals surface area contributed by atoms with E-state index in [0.29, 0.717) is 16.8 Å². The molecule has 5 heteroatoms. The van der Waals surface area contributed by atoms with Crippen molar-refractivity contribution >= 4 is 17.4 Å². The summed E-state index contributed by atoms with van der Waals surface area (Å²) in [5.74, 6) is 0.863. The minimum Gasteiger partial charge on any atom is -0.335 e. The van der Waals surface area contributed by atoms with Crippen molar-refractivity contribution in [2.45, 2.75) is 51.0 Å². The molecular weight excluding hydrogens is 246 g/mol. The third kappa shape index (κ3) is 2.71. The molecule has 2 aliphatic carbocycles. The van der Waals surface area contributed by atoms with Crippen LogP contribution in [0.3, 0.4) is 0 Å². The third-order valence-electron chi connectivity index (χ3n) is 4.00. The molecule has 3 rings (SSSR count). The summed E-state index contributed by atoms with van der Waals surface area (Å²) in [6, 6.07) is 0.488. The molecule has 2 aliphatic rings. The molecule has 0 N–H and O–H groups in total. The van der Waals surface area contributed by atoms with Crippen molar-refractivity contribution in [2.24, 2.45) is 5.92 Å². The Hall–Kier alpha value is -0.970. The minimum atomic E-state index is 0.151. The molecule has 1 aromatic heterocycles. The SMILES string of the molecule is O=C(c1cnns1)N(CC1CCCCC1)C1CC1. The molecule has 2 fully saturated rings. The zero-order valence-electron chi connectivity index (χ0n) is 10.5. The first-order valence-corrected chi connectivity index (χ1v) is 7.70. The van der Waals surface area contributed by atoms with Crippen molar-refractivity contribution in [1.29, 1.82) is 0 Å². The Morgan fingerprint density at radius 2 is 2.06 bits per heavy atom. The van der Waals surface area contributed by atoms with Crippen LogP contribution in [-0.2, 0) is 0 Å². The van der Waals surface area contributed by atoms with Crippen LogP contribution in [0.1, 0.15) is 54.6 Å². The second-order valence-electron chi connectivity index (χ2n) is 5.47. The van der Waals surface area contributed by atoms with Crippen molar-refractivity contribution in [2.75, 3.05) is 6.54 Å². The molecule has 1 aromatic rings. The monoisotopic (exact) mass is 265 g/mol. The molecule has 4 nitrogen and oxygen atoms in total. The molecule has 0 radical (unpaired) electrons. The van der Waals surface area contributed by atoms with Crippen LogP contribution in [0.2, 0.25) is 0 Å². The third-order valence-corrected chi connectivity index (χ3v) is 4.65. The van der Waals surface area contributed by atoms with Crippen LogP contribution >= 0.6 is 11.5 Å². The van der Waals surface area contributed by atoms with Crippen molar-refractivity contribution in [1.82, 2.24) is 14.5 Å². The lowest BCUT2D eigenvalue weighted by molar-refractivity contribution is 0.0703. The quantitative estimate of drug-likeness (QED) is 0.841. The average molecular weight is 265 g/mol. The molecule has 0 aliphatic heterocycles. The molecular formula is C13H19N3OS. The first kappa shape index (κ1) is 12.1. The van der Waals surface area contributed by atoms with Gasteiger partial charge >= 0.3 is 0 Å². The van der Waals surface area contributed by atoms with E-state index in [1.807, 2.05) is 0 Å². The molecule has 0 aromatic carbocycles. The van der Waals surface area contributed by atoms with Gasteiger partial charge in [-0.3, -0.25) is 4.79 Å². The second kappa shape index (κ2) is 5.34. The van der Waals surface area contributed by atoms with Gasteiger partial charge in [-0.25, -0.2) is 0 Å². The van der Waals surface area contributed by atoms with Gasteiger partial charge in [0.15, 0.2) is 0 Å². The number of rotatable bonds is 4. The van der Waals surface area contributed by atoms with Gasteiger partial charge in [0.1, 0.15) is 4.88 Å². The number of nitrogens with zero attached hydrogens (tertiary/aromatic N) is 3. The van der Waals surface area contributed by atoms with Gasteiger partial charge in [-0.05, 0) is 43.1 Å². The lowest BCUT2D eigenvalue weighted by Gasteiger charge is -2.29. The molecule has 2 saturated carbocycles. The predicted molar refractivity (Wildman–Crippen MR) is 70.5 cm³/mol. The molecule has 0 bridgehead atoms. The van der Waals surface area contributed by atoms with Crippen molar-refractivity contribution in [3.8, 4) is 0 Å². The van der Waals surface area contributed by atoms with Gasteiger partial charge < -0.3 is 4.90 Å². The van der Waals surface area contributed by atoms with Crippen LogP contribution in [0.4, 0.5) is 0 Å². The Labute approximate surface area is 112 Å². The highest BCUT2D eigenvalue weighted by molar-refractivity contribution is 7.07. The van der Waals surface area contributed by atoms with Gasteiger partial charge in [0.2, 0.25) is 0 Å². The van der Waals surface area contributed by atoms with E-state index in [4.69, 9.17) is 0 Å². The largest absolute Gasteiger partial charge is 0.335 e. The molecule has 0 spiro atoms. The summed E-state index contributed by atoms with van der Waals surface area (Å²) in [5, 5.41) is 3.77. The first-order chi connectivity index (χ1) is 8.84. The lowest BCUT2D eigenvalue weighted by atomic mass is 9.89. The fourth-order valence-electron chi connectivity index (χ4n) is 2.83. The van der Waals surface area contributed by atoms with Crippen LogP contribution in [0.15, 0.2) is 6.20 Å². The van der Waals surface area contributed by atoms with E-state index in [2.05, 4.69) is 14.5 Å². The Balaban J connectivity index is 1.66. The number of hydrogen-bond acceptors (Lipinski definition) is 4. The van der Waals surface area contributed by atoms with Gasteiger partial charge in [0.25, 0.3) is 5.91 Å². The van der Waals surface area contributed by atoms with E-state index in [9.17, 15) is 4.79 Å². The zero-order valence-corrected chi connectivity index (χ0v) is 11.4. The second-order valence-corrected chi connectivity index (χ2v) is 6.26. The van der Waals surface area contributed by atoms with E-state index in [-0.39, 0.29) is 5.91 Å². The molecule has 0 saturated heterocycles. The summed E-state index contributed by atoms with van der Waals surface area (Å²) in [4.78, 5) is 15.2. The van der Waals surface area contributed by atoms with Crippen LogP contribution in [0.5, 0.6) is 0 Å². The lowest BCUT2D eigenvalue weighted by Crippen LogP contribution is -2.37. The van der Waals surface area contributed by atoms with Gasteiger partial charge in [-0.15, -0.1) is 5.10 Å². The normalized spacial score (nSPS) is 20.9. The molecule has 18 heavy (non-hydrogen) atoms. The van der Waals surface area contributed by atoms with Crippen molar-refractivity contribution in [3.05, 3.63) is 11.1 Å². The summed E-state index contributed by atoms with van der Waals surface area (Å²) in [5.41, 5.74) is 0. The first-order valence-electron chi connectivity index (χ1n) is 6.93. The van der Waals surface area contributed by atoms with E-state index < -0.39 is 0 Å². The predicted octanol–water partition coefficient (Wildman–Crippen LogP) is 2.72. The van der Waals surface area contributed by atoms with Crippen molar-refractivity contribution < 1.29 is 4.79 Å². The van der Waals surface area contributed by atoms with Gasteiger partial charge in [-0.2, -0.15) is 0 Å². The minimum absolute atomic E-state index is 0.151. The summed E-state index contributed by atoms with van der Waals surface area (Å²) in [6.45, 7) is 0.946. The fraction of sp³-hybridized carbons (Fsp3) is 0.769. The standard InChI is InChI=1S/C13H19N3OS/c17-13(12-8-14-15-18-12)16(11-6-7-11)9-10-4-2-1-3-5-10/h8,10-11H,1-7,9H2. The number of amides is 1. The van der Waals surface area contributed by atoms with Crippen molar-refractivity contribution in [3.63, 3.8) is 0 Å². The Morgan fingerprint density at radius 3 is 2.67 bits per heavy atom. The van der Waals surface area contributed by atoms with Crippen LogP contribution in [0, 0.1) is 5.92 Å². The van der Waals surface area contributed by atoms with E-state index in [1.54, 1.807) is 6.20 Å². The summed E-state index contributed by atoms with van der Waals surface area (Å²) in [7, 11) is 0.